The van der Waals surface area contributed by atoms with Gasteiger partial charge < -0.3 is 10.2 Å². The molecule has 144 valence electrons. The highest BCUT2D eigenvalue weighted by molar-refractivity contribution is 7.80. The van der Waals surface area contributed by atoms with E-state index < -0.39 is 0 Å². The third kappa shape index (κ3) is 5.20. The Morgan fingerprint density at radius 2 is 1.36 bits per heavy atom. The number of nitrogens with one attached hydrogen (secondary N) is 1. The number of thiocarbonyl (C=S) groups is 1. The van der Waals surface area contributed by atoms with E-state index in [0.717, 1.165) is 23.9 Å². The Morgan fingerprint density at radius 1 is 0.821 bits per heavy atom. The van der Waals surface area contributed by atoms with Gasteiger partial charge in [-0.15, -0.1) is 0 Å². The average Bonchev–Trinajstić information content (AvgIpc) is 2.70. The van der Waals surface area contributed by atoms with Gasteiger partial charge in [-0.05, 0) is 53.4 Å². The van der Waals surface area contributed by atoms with Crippen molar-refractivity contribution in [2.24, 2.45) is 0 Å². The van der Waals surface area contributed by atoms with Crippen LogP contribution in [0.4, 0.5) is 5.69 Å². The number of benzene rings is 3. The first-order chi connectivity index (χ1) is 13.5. The molecule has 3 rings (SSSR count). The van der Waals surface area contributed by atoms with E-state index in [1.54, 1.807) is 0 Å². The molecule has 0 aliphatic heterocycles. The molecular formula is C25H28N2S. The molecule has 3 heteroatoms. The topological polar surface area (TPSA) is 15.3 Å². The third-order valence-electron chi connectivity index (χ3n) is 4.96. The van der Waals surface area contributed by atoms with Gasteiger partial charge in [0, 0.05) is 18.8 Å². The van der Waals surface area contributed by atoms with Crippen molar-refractivity contribution in [2.45, 2.75) is 39.8 Å². The SMILES string of the molecule is Cc1c(NC(=S)N(Cc2ccccc2)Cc2ccccc2)cccc1C(C)C. The number of nitrogens with zero attached hydrogens (tertiary/aromatic N) is 1. The highest BCUT2D eigenvalue weighted by Gasteiger charge is 2.14. The van der Waals surface area contributed by atoms with E-state index >= 15 is 0 Å². The van der Waals surface area contributed by atoms with Gasteiger partial charge in [-0.3, -0.25) is 0 Å². The van der Waals surface area contributed by atoms with Crippen LogP contribution < -0.4 is 5.32 Å². The average molecular weight is 389 g/mol. The lowest BCUT2D eigenvalue weighted by Crippen LogP contribution is -2.34. The van der Waals surface area contributed by atoms with Crippen LogP contribution >= 0.6 is 12.2 Å². The van der Waals surface area contributed by atoms with Crippen LogP contribution in [0, 0.1) is 6.92 Å². The second-order valence-corrected chi connectivity index (χ2v) is 7.82. The van der Waals surface area contributed by atoms with E-state index in [1.807, 2.05) is 12.1 Å². The molecule has 0 aromatic heterocycles. The molecule has 0 aliphatic rings. The zero-order valence-electron chi connectivity index (χ0n) is 16.9. The summed E-state index contributed by atoms with van der Waals surface area (Å²) in [4.78, 5) is 2.22. The van der Waals surface area contributed by atoms with Crippen LogP contribution in [0.3, 0.4) is 0 Å². The molecule has 3 aromatic rings. The summed E-state index contributed by atoms with van der Waals surface area (Å²) in [5, 5.41) is 4.25. The molecule has 0 bridgehead atoms. The van der Waals surface area contributed by atoms with E-state index in [9.17, 15) is 0 Å². The van der Waals surface area contributed by atoms with E-state index in [-0.39, 0.29) is 0 Å². The molecule has 3 aromatic carbocycles. The van der Waals surface area contributed by atoms with Crippen LogP contribution in [-0.4, -0.2) is 10.0 Å². The van der Waals surface area contributed by atoms with Gasteiger partial charge in [-0.2, -0.15) is 0 Å². The standard InChI is InChI=1S/C25H28N2S/c1-19(2)23-15-10-16-24(20(23)3)26-25(28)27(17-21-11-6-4-7-12-21)18-22-13-8-5-9-14-22/h4-16,19H,17-18H2,1-3H3,(H,26,28). The minimum absolute atomic E-state index is 0.486. The first-order valence-corrected chi connectivity index (χ1v) is 10.2. The second-order valence-electron chi connectivity index (χ2n) is 7.43. The van der Waals surface area contributed by atoms with Crippen molar-refractivity contribution in [1.82, 2.24) is 4.90 Å². The van der Waals surface area contributed by atoms with Crippen molar-refractivity contribution in [3.8, 4) is 0 Å². The Balaban J connectivity index is 1.83. The van der Waals surface area contributed by atoms with Crippen LogP contribution in [-0.2, 0) is 13.1 Å². The Bertz CT molecular complexity index is 863. The number of hydrogen-bond donors (Lipinski definition) is 1. The van der Waals surface area contributed by atoms with Gasteiger partial charge in [0.25, 0.3) is 0 Å². The number of anilines is 1. The zero-order chi connectivity index (χ0) is 19.9. The Morgan fingerprint density at radius 3 is 1.86 bits per heavy atom. The first-order valence-electron chi connectivity index (χ1n) is 9.78. The van der Waals surface area contributed by atoms with Crippen LogP contribution in [0.25, 0.3) is 0 Å². The predicted molar refractivity (Wildman–Crippen MR) is 124 cm³/mol. The van der Waals surface area contributed by atoms with Crippen molar-refractivity contribution < 1.29 is 0 Å². The molecule has 2 nitrogen and oxygen atoms in total. The Hall–Kier alpha value is -2.65. The maximum absolute atomic E-state index is 5.84. The normalized spacial score (nSPS) is 10.7. The Labute approximate surface area is 174 Å². The van der Waals surface area contributed by atoms with Crippen molar-refractivity contribution in [2.75, 3.05) is 5.32 Å². The van der Waals surface area contributed by atoms with Crippen LogP contribution in [0.1, 0.15) is 42.0 Å². The molecular weight excluding hydrogens is 360 g/mol. The fourth-order valence-electron chi connectivity index (χ4n) is 3.42. The number of hydrogen-bond acceptors (Lipinski definition) is 1. The van der Waals surface area contributed by atoms with Crippen molar-refractivity contribution in [1.29, 1.82) is 0 Å². The summed E-state index contributed by atoms with van der Waals surface area (Å²) < 4.78 is 0. The molecule has 1 N–H and O–H groups in total. The van der Waals surface area contributed by atoms with Gasteiger partial charge in [0.2, 0.25) is 0 Å². The zero-order valence-corrected chi connectivity index (χ0v) is 17.7. The molecule has 0 saturated carbocycles. The van der Waals surface area contributed by atoms with Crippen LogP contribution in [0.15, 0.2) is 78.9 Å². The van der Waals surface area contributed by atoms with Crippen LogP contribution in [0.5, 0.6) is 0 Å². The maximum Gasteiger partial charge on any atom is 0.174 e. The monoisotopic (exact) mass is 388 g/mol. The molecule has 0 aliphatic carbocycles. The predicted octanol–water partition coefficient (Wildman–Crippen LogP) is 6.52. The van der Waals surface area contributed by atoms with Crippen molar-refractivity contribution in [3.63, 3.8) is 0 Å². The van der Waals surface area contributed by atoms with Gasteiger partial charge in [-0.1, -0.05) is 86.6 Å². The summed E-state index contributed by atoms with van der Waals surface area (Å²) in [5.74, 6) is 0.486. The lowest BCUT2D eigenvalue weighted by molar-refractivity contribution is 0.413. The summed E-state index contributed by atoms with van der Waals surface area (Å²) in [6, 6.07) is 27.4. The molecule has 0 spiro atoms. The molecule has 0 heterocycles. The molecule has 28 heavy (non-hydrogen) atoms. The summed E-state index contributed by atoms with van der Waals surface area (Å²) in [7, 11) is 0. The fraction of sp³-hybridized carbons (Fsp3) is 0.240. The lowest BCUT2D eigenvalue weighted by atomic mass is 9.97. The van der Waals surface area contributed by atoms with Gasteiger partial charge in [0.1, 0.15) is 0 Å². The van der Waals surface area contributed by atoms with Gasteiger partial charge >= 0.3 is 0 Å². The van der Waals surface area contributed by atoms with Gasteiger partial charge in [0.05, 0.1) is 0 Å². The van der Waals surface area contributed by atoms with E-state index in [0.29, 0.717) is 5.92 Å². The molecule has 0 radical (unpaired) electrons. The highest BCUT2D eigenvalue weighted by atomic mass is 32.1. The van der Waals surface area contributed by atoms with E-state index in [2.05, 4.69) is 97.7 Å². The highest BCUT2D eigenvalue weighted by Crippen LogP contribution is 2.26. The third-order valence-corrected chi connectivity index (χ3v) is 5.32. The second kappa shape index (κ2) is 9.52. The minimum Gasteiger partial charge on any atom is -0.340 e. The van der Waals surface area contributed by atoms with Gasteiger partial charge in [-0.25, -0.2) is 0 Å². The molecule has 0 unspecified atom stereocenters. The van der Waals surface area contributed by atoms with E-state index in [4.69, 9.17) is 12.2 Å². The molecule has 0 amide bonds. The Kier molecular flexibility index (Phi) is 6.83. The maximum atomic E-state index is 5.84. The van der Waals surface area contributed by atoms with Crippen LogP contribution in [0.2, 0.25) is 0 Å². The molecule has 0 fully saturated rings. The van der Waals surface area contributed by atoms with E-state index in [1.165, 1.54) is 22.3 Å². The quantitative estimate of drug-likeness (QED) is 0.484. The first kappa shape index (κ1) is 20.1. The summed E-state index contributed by atoms with van der Waals surface area (Å²) in [5.41, 5.74) is 6.19. The fourth-order valence-corrected chi connectivity index (χ4v) is 3.65. The number of rotatable bonds is 6. The smallest absolute Gasteiger partial charge is 0.174 e. The lowest BCUT2D eigenvalue weighted by Gasteiger charge is -2.27. The minimum atomic E-state index is 0.486. The largest absolute Gasteiger partial charge is 0.340 e. The van der Waals surface area contributed by atoms with Crippen molar-refractivity contribution in [3.05, 3.63) is 101 Å². The molecule has 0 saturated heterocycles. The van der Waals surface area contributed by atoms with Crippen molar-refractivity contribution >= 4 is 23.0 Å². The summed E-state index contributed by atoms with van der Waals surface area (Å²) in [6.45, 7) is 8.15. The summed E-state index contributed by atoms with van der Waals surface area (Å²) >= 11 is 5.84. The molecule has 0 atom stereocenters. The van der Waals surface area contributed by atoms with Gasteiger partial charge in [0.15, 0.2) is 5.11 Å². The summed E-state index contributed by atoms with van der Waals surface area (Å²) in [6.07, 6.45) is 0.